The van der Waals surface area contributed by atoms with Crippen molar-refractivity contribution in [3.8, 4) is 5.75 Å². The van der Waals surface area contributed by atoms with Crippen LogP contribution in [0.15, 0.2) is 24.3 Å². The number of phenols is 1. The van der Waals surface area contributed by atoms with Gasteiger partial charge in [-0.05, 0) is 30.7 Å². The lowest BCUT2D eigenvalue weighted by atomic mass is 10.0. The number of hydrogen-bond donors (Lipinski definition) is 2. The molecule has 0 saturated carbocycles. The van der Waals surface area contributed by atoms with Crippen LogP contribution in [-0.4, -0.2) is 17.6 Å². The fraction of sp³-hybridized carbons (Fsp3) is 0.788. The van der Waals surface area contributed by atoms with Gasteiger partial charge >= 0.3 is 0 Å². The minimum absolute atomic E-state index is 0.0518. The van der Waals surface area contributed by atoms with Crippen LogP contribution in [-0.2, 0) is 0 Å². The first-order valence-corrected chi connectivity index (χ1v) is 15.8. The molecule has 208 valence electrons. The van der Waals surface area contributed by atoms with Crippen molar-refractivity contribution in [2.75, 3.05) is 6.54 Å². The van der Waals surface area contributed by atoms with Crippen molar-refractivity contribution >= 4 is 5.91 Å². The summed E-state index contributed by atoms with van der Waals surface area (Å²) >= 11 is 0. The molecule has 1 rings (SSSR count). The van der Waals surface area contributed by atoms with Gasteiger partial charge in [0.25, 0.3) is 5.91 Å². The molecule has 0 aliphatic rings. The maximum atomic E-state index is 12.0. The van der Waals surface area contributed by atoms with Gasteiger partial charge < -0.3 is 10.4 Å². The third kappa shape index (κ3) is 20.7. The lowest BCUT2D eigenvalue weighted by molar-refractivity contribution is 0.0953. The van der Waals surface area contributed by atoms with E-state index >= 15 is 0 Å². The summed E-state index contributed by atoms with van der Waals surface area (Å²) in [6.07, 6.45) is 33.6. The molecule has 0 unspecified atom stereocenters. The third-order valence-corrected chi connectivity index (χ3v) is 7.45. The zero-order chi connectivity index (χ0) is 25.9. The van der Waals surface area contributed by atoms with Crippen molar-refractivity contribution in [3.63, 3.8) is 0 Å². The average Bonchev–Trinajstić information content (AvgIpc) is 2.89. The van der Waals surface area contributed by atoms with E-state index in [9.17, 15) is 9.90 Å². The summed E-state index contributed by atoms with van der Waals surface area (Å²) in [6, 6.07) is 6.42. The van der Waals surface area contributed by atoms with Crippen molar-refractivity contribution < 1.29 is 9.90 Å². The van der Waals surface area contributed by atoms with Gasteiger partial charge in [-0.25, -0.2) is 0 Å². The van der Waals surface area contributed by atoms with Crippen molar-refractivity contribution in [1.29, 1.82) is 0 Å². The molecule has 0 aromatic heterocycles. The summed E-state index contributed by atoms with van der Waals surface area (Å²) in [5, 5.41) is 12.2. The molecular weight excluding hydrogens is 442 g/mol. The van der Waals surface area contributed by atoms with Crippen LogP contribution in [0.4, 0.5) is 0 Å². The monoisotopic (exact) mass is 501 g/mol. The number of amides is 1. The first-order valence-electron chi connectivity index (χ1n) is 15.8. The van der Waals surface area contributed by atoms with Crippen LogP contribution >= 0.6 is 0 Å². The number of unbranched alkanes of at least 4 members (excludes halogenated alkanes) is 23. The topological polar surface area (TPSA) is 49.3 Å². The maximum Gasteiger partial charge on any atom is 0.251 e. The third-order valence-electron chi connectivity index (χ3n) is 7.45. The van der Waals surface area contributed by atoms with Gasteiger partial charge in [0, 0.05) is 12.1 Å². The van der Waals surface area contributed by atoms with Crippen molar-refractivity contribution in [3.05, 3.63) is 29.8 Å². The molecule has 0 spiro atoms. The highest BCUT2D eigenvalue weighted by molar-refractivity contribution is 5.94. The number of carbonyl (C=O) groups is 1. The smallest absolute Gasteiger partial charge is 0.251 e. The second-order valence-corrected chi connectivity index (χ2v) is 10.9. The fourth-order valence-electron chi connectivity index (χ4n) is 5.00. The molecule has 0 bridgehead atoms. The van der Waals surface area contributed by atoms with Crippen molar-refractivity contribution in [2.24, 2.45) is 0 Å². The first-order chi connectivity index (χ1) is 17.7. The van der Waals surface area contributed by atoms with E-state index < -0.39 is 0 Å². The molecule has 2 N–H and O–H groups in total. The van der Waals surface area contributed by atoms with E-state index in [0.717, 1.165) is 13.0 Å². The average molecular weight is 502 g/mol. The number of hydrogen-bond acceptors (Lipinski definition) is 2. The molecule has 1 aromatic rings. The molecule has 3 heteroatoms. The number of benzene rings is 1. The minimum Gasteiger partial charge on any atom is -0.508 e. The summed E-state index contributed by atoms with van der Waals surface area (Å²) in [5.41, 5.74) is 0.608. The molecule has 0 saturated heterocycles. The quantitative estimate of drug-likeness (QED) is 0.124. The van der Waals surface area contributed by atoms with Gasteiger partial charge in [-0.1, -0.05) is 155 Å². The van der Waals surface area contributed by atoms with Gasteiger partial charge in [0.05, 0.1) is 0 Å². The Bertz CT molecular complexity index is 598. The molecule has 0 atom stereocenters. The molecule has 0 radical (unpaired) electrons. The SMILES string of the molecule is CCCCCCCCCCCCCCCCCCCCCCCCCCNC(=O)c1ccc(O)cc1. The van der Waals surface area contributed by atoms with E-state index in [4.69, 9.17) is 0 Å². The molecule has 0 heterocycles. The van der Waals surface area contributed by atoms with Gasteiger partial charge in [-0.15, -0.1) is 0 Å². The van der Waals surface area contributed by atoms with Gasteiger partial charge in [-0.3, -0.25) is 4.79 Å². The van der Waals surface area contributed by atoms with Crippen LogP contribution in [0.25, 0.3) is 0 Å². The zero-order valence-electron chi connectivity index (χ0n) is 23.8. The van der Waals surface area contributed by atoms with E-state index in [0.29, 0.717) is 5.56 Å². The summed E-state index contributed by atoms with van der Waals surface area (Å²) in [5.74, 6) is 0.139. The zero-order valence-corrected chi connectivity index (χ0v) is 23.8. The highest BCUT2D eigenvalue weighted by Crippen LogP contribution is 2.15. The highest BCUT2D eigenvalue weighted by atomic mass is 16.3. The molecule has 0 aliphatic carbocycles. The lowest BCUT2D eigenvalue weighted by Gasteiger charge is -2.06. The van der Waals surface area contributed by atoms with E-state index in [-0.39, 0.29) is 11.7 Å². The van der Waals surface area contributed by atoms with Crippen LogP contribution in [0.2, 0.25) is 0 Å². The summed E-state index contributed by atoms with van der Waals surface area (Å²) in [6.45, 7) is 3.03. The largest absolute Gasteiger partial charge is 0.508 e. The number of carbonyl (C=O) groups excluding carboxylic acids is 1. The Morgan fingerprint density at radius 1 is 0.528 bits per heavy atom. The molecular formula is C33H59NO2. The number of phenolic OH excluding ortho intramolecular Hbond substituents is 1. The molecule has 0 aliphatic heterocycles. The number of rotatable bonds is 26. The van der Waals surface area contributed by atoms with Crippen LogP contribution in [0.3, 0.4) is 0 Å². The predicted molar refractivity (Wildman–Crippen MR) is 157 cm³/mol. The molecule has 1 aromatic carbocycles. The molecule has 36 heavy (non-hydrogen) atoms. The van der Waals surface area contributed by atoms with Gasteiger partial charge in [0.1, 0.15) is 5.75 Å². The van der Waals surface area contributed by atoms with Gasteiger partial charge in [0.15, 0.2) is 0 Å². The van der Waals surface area contributed by atoms with E-state index in [2.05, 4.69) is 12.2 Å². The van der Waals surface area contributed by atoms with Crippen LogP contribution in [0, 0.1) is 0 Å². The normalized spacial score (nSPS) is 11.1. The summed E-state index contributed by atoms with van der Waals surface area (Å²) < 4.78 is 0. The van der Waals surface area contributed by atoms with Crippen LogP contribution < -0.4 is 5.32 Å². The standard InChI is InChI=1S/C33H59NO2/c1-2-3-4-5-6-7-8-9-10-11-12-13-14-15-16-17-18-19-20-21-22-23-24-25-30-34-33(36)31-26-28-32(35)29-27-31/h26-29,35H,2-25,30H2,1H3,(H,34,36). The van der Waals surface area contributed by atoms with E-state index in [1.165, 1.54) is 148 Å². The van der Waals surface area contributed by atoms with Crippen LogP contribution in [0.5, 0.6) is 5.75 Å². The second-order valence-electron chi connectivity index (χ2n) is 10.9. The second kappa shape index (κ2) is 25.2. The molecule has 3 nitrogen and oxygen atoms in total. The van der Waals surface area contributed by atoms with Gasteiger partial charge in [0.2, 0.25) is 0 Å². The lowest BCUT2D eigenvalue weighted by Crippen LogP contribution is -2.24. The summed E-state index contributed by atoms with van der Waals surface area (Å²) in [4.78, 5) is 12.0. The summed E-state index contributed by atoms with van der Waals surface area (Å²) in [7, 11) is 0. The maximum absolute atomic E-state index is 12.0. The Balaban J connectivity index is 1.70. The molecule has 1 amide bonds. The Morgan fingerprint density at radius 2 is 0.833 bits per heavy atom. The number of nitrogens with one attached hydrogen (secondary N) is 1. The van der Waals surface area contributed by atoms with Crippen molar-refractivity contribution in [1.82, 2.24) is 5.32 Å². The van der Waals surface area contributed by atoms with Crippen LogP contribution in [0.1, 0.15) is 171 Å². The predicted octanol–water partition coefficient (Wildman–Crippen LogP) is 10.5. The number of aromatic hydroxyl groups is 1. The Kier molecular flexibility index (Phi) is 22.7. The molecule has 0 fully saturated rings. The van der Waals surface area contributed by atoms with E-state index in [1.807, 2.05) is 0 Å². The fourth-order valence-corrected chi connectivity index (χ4v) is 5.00. The Labute approximate surface area is 224 Å². The first kappa shape index (κ1) is 32.5. The minimum atomic E-state index is -0.0518. The van der Waals surface area contributed by atoms with Crippen molar-refractivity contribution in [2.45, 2.75) is 161 Å². The van der Waals surface area contributed by atoms with E-state index in [1.54, 1.807) is 24.3 Å². The Hall–Kier alpha value is -1.51. The Morgan fingerprint density at radius 3 is 1.17 bits per heavy atom. The van der Waals surface area contributed by atoms with Gasteiger partial charge in [-0.2, -0.15) is 0 Å². The highest BCUT2D eigenvalue weighted by Gasteiger charge is 2.04.